The van der Waals surface area contributed by atoms with Crippen LogP contribution in [0.1, 0.15) is 51.7 Å². The molecule has 0 saturated heterocycles. The topological polar surface area (TPSA) is 35.5 Å². The highest BCUT2D eigenvalue weighted by Gasteiger charge is 2.42. The zero-order chi connectivity index (χ0) is 14.7. The summed E-state index contributed by atoms with van der Waals surface area (Å²) in [6.07, 6.45) is 2.27. The van der Waals surface area contributed by atoms with Gasteiger partial charge < -0.3 is 15.3 Å². The minimum absolute atomic E-state index is 0.0327. The van der Waals surface area contributed by atoms with Crippen molar-refractivity contribution in [2.75, 3.05) is 30.4 Å². The molecule has 3 nitrogen and oxygen atoms in total. The van der Waals surface area contributed by atoms with Crippen molar-refractivity contribution in [3.63, 3.8) is 0 Å². The van der Waals surface area contributed by atoms with E-state index in [0.29, 0.717) is 5.75 Å². The fraction of sp³-hybridized carbons (Fsp3) is 0.647. The molecular weight excluding hydrogens is 248 g/mol. The van der Waals surface area contributed by atoms with E-state index in [1.807, 2.05) is 7.05 Å². The zero-order valence-corrected chi connectivity index (χ0v) is 13.3. The van der Waals surface area contributed by atoms with Gasteiger partial charge in [-0.3, -0.25) is 0 Å². The minimum Gasteiger partial charge on any atom is -0.505 e. The molecule has 0 bridgehead atoms. The average Bonchev–Trinajstić information content (AvgIpc) is 2.36. The summed E-state index contributed by atoms with van der Waals surface area (Å²) < 4.78 is 0. The summed E-state index contributed by atoms with van der Waals surface area (Å²) in [7, 11) is 1.89. The van der Waals surface area contributed by atoms with Crippen LogP contribution in [0.3, 0.4) is 0 Å². The van der Waals surface area contributed by atoms with E-state index in [1.165, 1.54) is 17.7 Å². The standard InChI is InChI=1S/C17H26N2O/c1-16(2)6-8-19-9-7-17(3,4)13-14(19)11(16)10-12(18-5)15(13)20/h10,18,20H,6-9H2,1-5H3. The molecule has 0 unspecified atom stereocenters. The first kappa shape index (κ1) is 13.6. The van der Waals surface area contributed by atoms with Crippen molar-refractivity contribution in [1.82, 2.24) is 0 Å². The molecular formula is C17H26N2O. The Kier molecular flexibility index (Phi) is 2.76. The Labute approximate surface area is 122 Å². The SMILES string of the molecule is CNc1cc2c3c(c1O)C(C)(C)CCN3CCC2(C)C. The Hall–Kier alpha value is -1.38. The van der Waals surface area contributed by atoms with Crippen LogP contribution in [-0.2, 0) is 10.8 Å². The lowest BCUT2D eigenvalue weighted by molar-refractivity contribution is 0.379. The van der Waals surface area contributed by atoms with Crippen LogP contribution in [0.4, 0.5) is 11.4 Å². The summed E-state index contributed by atoms with van der Waals surface area (Å²) in [5.74, 6) is 0.443. The summed E-state index contributed by atoms with van der Waals surface area (Å²) in [6, 6.07) is 2.15. The number of aromatic hydroxyl groups is 1. The van der Waals surface area contributed by atoms with E-state index >= 15 is 0 Å². The van der Waals surface area contributed by atoms with Gasteiger partial charge in [0.1, 0.15) is 5.75 Å². The third-order valence-electron chi connectivity index (χ3n) is 5.28. The Morgan fingerprint density at radius 1 is 1.10 bits per heavy atom. The lowest BCUT2D eigenvalue weighted by atomic mass is 9.69. The fourth-order valence-corrected chi connectivity index (χ4v) is 3.76. The van der Waals surface area contributed by atoms with E-state index in [9.17, 15) is 5.11 Å². The second-order valence-electron chi connectivity index (χ2n) is 7.55. The number of rotatable bonds is 1. The summed E-state index contributed by atoms with van der Waals surface area (Å²) in [5, 5.41) is 13.9. The Morgan fingerprint density at radius 2 is 1.70 bits per heavy atom. The maximum absolute atomic E-state index is 10.7. The van der Waals surface area contributed by atoms with Crippen LogP contribution in [0, 0.1) is 0 Å². The zero-order valence-electron chi connectivity index (χ0n) is 13.3. The highest BCUT2D eigenvalue weighted by atomic mass is 16.3. The normalized spacial score (nSPS) is 22.4. The van der Waals surface area contributed by atoms with E-state index in [2.05, 4.69) is 44.0 Å². The summed E-state index contributed by atoms with van der Waals surface area (Å²) in [6.45, 7) is 11.3. The summed E-state index contributed by atoms with van der Waals surface area (Å²) in [4.78, 5) is 2.47. The van der Waals surface area contributed by atoms with Gasteiger partial charge in [0.25, 0.3) is 0 Å². The van der Waals surface area contributed by atoms with Crippen LogP contribution < -0.4 is 10.2 Å². The highest BCUT2D eigenvalue weighted by Crippen LogP contribution is 2.54. The molecule has 1 aromatic rings. The van der Waals surface area contributed by atoms with Gasteiger partial charge in [0.2, 0.25) is 0 Å². The van der Waals surface area contributed by atoms with Crippen molar-refractivity contribution >= 4 is 11.4 Å². The number of phenols is 1. The number of nitrogens with one attached hydrogen (secondary N) is 1. The van der Waals surface area contributed by atoms with Crippen molar-refractivity contribution in [2.24, 2.45) is 0 Å². The van der Waals surface area contributed by atoms with Crippen LogP contribution in [0.25, 0.3) is 0 Å². The Bertz CT molecular complexity index is 559. The van der Waals surface area contributed by atoms with Gasteiger partial charge in [-0.15, -0.1) is 0 Å². The van der Waals surface area contributed by atoms with Crippen LogP contribution in [0.5, 0.6) is 5.75 Å². The molecule has 110 valence electrons. The van der Waals surface area contributed by atoms with Gasteiger partial charge in [-0.05, 0) is 35.3 Å². The first-order chi connectivity index (χ1) is 9.28. The van der Waals surface area contributed by atoms with Crippen molar-refractivity contribution in [3.05, 3.63) is 17.2 Å². The lowest BCUT2D eigenvalue weighted by Gasteiger charge is -2.48. The number of hydrogen-bond donors (Lipinski definition) is 2. The van der Waals surface area contributed by atoms with Crippen molar-refractivity contribution in [1.29, 1.82) is 0 Å². The summed E-state index contributed by atoms with van der Waals surface area (Å²) >= 11 is 0. The van der Waals surface area contributed by atoms with Gasteiger partial charge >= 0.3 is 0 Å². The average molecular weight is 274 g/mol. The van der Waals surface area contributed by atoms with Gasteiger partial charge in [0, 0.05) is 31.4 Å². The number of benzene rings is 1. The van der Waals surface area contributed by atoms with E-state index in [1.54, 1.807) is 0 Å². The molecule has 0 aliphatic carbocycles. The van der Waals surface area contributed by atoms with Crippen LogP contribution in [0.2, 0.25) is 0 Å². The van der Waals surface area contributed by atoms with Gasteiger partial charge in [-0.2, -0.15) is 0 Å². The van der Waals surface area contributed by atoms with Crippen molar-refractivity contribution in [3.8, 4) is 5.75 Å². The van der Waals surface area contributed by atoms with E-state index < -0.39 is 0 Å². The largest absolute Gasteiger partial charge is 0.505 e. The molecule has 0 spiro atoms. The molecule has 2 N–H and O–H groups in total. The van der Waals surface area contributed by atoms with E-state index in [0.717, 1.165) is 30.8 Å². The second-order valence-corrected chi connectivity index (χ2v) is 7.55. The van der Waals surface area contributed by atoms with Crippen LogP contribution >= 0.6 is 0 Å². The molecule has 0 aromatic heterocycles. The first-order valence-electron chi connectivity index (χ1n) is 7.61. The van der Waals surface area contributed by atoms with Crippen molar-refractivity contribution < 1.29 is 5.11 Å². The fourth-order valence-electron chi connectivity index (χ4n) is 3.76. The van der Waals surface area contributed by atoms with Gasteiger partial charge in [0.05, 0.1) is 5.69 Å². The molecule has 2 aliphatic rings. The minimum atomic E-state index is 0.0327. The van der Waals surface area contributed by atoms with Crippen LogP contribution in [-0.4, -0.2) is 25.2 Å². The van der Waals surface area contributed by atoms with E-state index in [-0.39, 0.29) is 10.8 Å². The second kappa shape index (κ2) is 4.06. The van der Waals surface area contributed by atoms with Crippen LogP contribution in [0.15, 0.2) is 6.07 Å². The van der Waals surface area contributed by atoms with Crippen molar-refractivity contribution in [2.45, 2.75) is 51.4 Å². The number of phenolic OH excluding ortho intramolecular Hbond substituents is 1. The molecule has 0 saturated carbocycles. The number of anilines is 2. The maximum atomic E-state index is 10.7. The smallest absolute Gasteiger partial charge is 0.144 e. The highest BCUT2D eigenvalue weighted by molar-refractivity contribution is 5.78. The molecule has 0 amide bonds. The predicted octanol–water partition coefficient (Wildman–Crippen LogP) is 3.60. The predicted molar refractivity (Wildman–Crippen MR) is 85.2 cm³/mol. The van der Waals surface area contributed by atoms with E-state index in [4.69, 9.17) is 0 Å². The number of nitrogens with zero attached hydrogens (tertiary/aromatic N) is 1. The lowest BCUT2D eigenvalue weighted by Crippen LogP contribution is -2.44. The first-order valence-corrected chi connectivity index (χ1v) is 7.61. The molecule has 20 heavy (non-hydrogen) atoms. The maximum Gasteiger partial charge on any atom is 0.144 e. The molecule has 2 heterocycles. The monoisotopic (exact) mass is 274 g/mol. The Morgan fingerprint density at radius 3 is 2.30 bits per heavy atom. The quantitative estimate of drug-likeness (QED) is 0.768. The van der Waals surface area contributed by atoms with Gasteiger partial charge in [0.15, 0.2) is 0 Å². The third kappa shape index (κ3) is 1.72. The molecule has 0 atom stereocenters. The molecule has 3 heteroatoms. The van der Waals surface area contributed by atoms with Gasteiger partial charge in [-0.1, -0.05) is 27.7 Å². The molecule has 2 aliphatic heterocycles. The third-order valence-corrected chi connectivity index (χ3v) is 5.28. The van der Waals surface area contributed by atoms with Gasteiger partial charge in [-0.25, -0.2) is 0 Å². The molecule has 0 radical (unpaired) electrons. The Balaban J connectivity index is 2.37. The molecule has 0 fully saturated rings. The summed E-state index contributed by atoms with van der Waals surface area (Å²) in [5.41, 5.74) is 4.89. The molecule has 3 rings (SSSR count). The molecule has 1 aromatic carbocycles. The number of hydrogen-bond acceptors (Lipinski definition) is 3.